The van der Waals surface area contributed by atoms with Gasteiger partial charge in [0.25, 0.3) is 0 Å². The van der Waals surface area contributed by atoms with Crippen LogP contribution in [-0.2, 0) is 17.6 Å². The maximum absolute atomic E-state index is 13.0. The second-order valence-electron chi connectivity index (χ2n) is 8.09. The summed E-state index contributed by atoms with van der Waals surface area (Å²) in [5.41, 5.74) is 2.01. The molecule has 0 heterocycles. The summed E-state index contributed by atoms with van der Waals surface area (Å²) in [6.07, 6.45) is 1.00. The zero-order chi connectivity index (χ0) is 24.1. The van der Waals surface area contributed by atoms with Gasteiger partial charge in [0, 0.05) is 32.6 Å². The number of carbonyl (C=O) groups is 2. The Hall–Kier alpha value is -3.10. The lowest BCUT2D eigenvalue weighted by molar-refractivity contribution is -0.123. The lowest BCUT2D eigenvalue weighted by Gasteiger charge is -2.26. The van der Waals surface area contributed by atoms with E-state index in [4.69, 9.17) is 4.74 Å². The highest BCUT2D eigenvalue weighted by atomic mass is 16.5. The van der Waals surface area contributed by atoms with E-state index >= 15 is 0 Å². The fourth-order valence-electron chi connectivity index (χ4n) is 3.32. The first-order valence-electron chi connectivity index (χ1n) is 11.2. The van der Waals surface area contributed by atoms with Crippen LogP contribution in [0.4, 0.5) is 4.79 Å². The first-order chi connectivity index (χ1) is 15.9. The van der Waals surface area contributed by atoms with Crippen LogP contribution >= 0.6 is 0 Å². The molecule has 2 aromatic rings. The number of hydrogen-bond acceptors (Lipinski definition) is 5. The van der Waals surface area contributed by atoms with Crippen LogP contribution in [0.1, 0.15) is 11.1 Å². The van der Waals surface area contributed by atoms with E-state index in [0.717, 1.165) is 16.9 Å². The van der Waals surface area contributed by atoms with E-state index in [1.807, 2.05) is 73.6 Å². The molecule has 0 aromatic heterocycles. The average molecular weight is 457 g/mol. The van der Waals surface area contributed by atoms with Crippen LogP contribution in [0.25, 0.3) is 0 Å². The van der Waals surface area contributed by atoms with Crippen molar-refractivity contribution in [1.29, 1.82) is 0 Å². The number of methoxy groups -OCH3 is 1. The van der Waals surface area contributed by atoms with Crippen LogP contribution in [0.3, 0.4) is 0 Å². The molecule has 8 nitrogen and oxygen atoms in total. The minimum atomic E-state index is -0.744. The van der Waals surface area contributed by atoms with E-state index in [0.29, 0.717) is 32.5 Å². The molecule has 0 aliphatic rings. The molecular weight excluding hydrogens is 420 g/mol. The first kappa shape index (κ1) is 26.2. The van der Waals surface area contributed by atoms with Gasteiger partial charge in [0.15, 0.2) is 0 Å². The van der Waals surface area contributed by atoms with Crippen molar-refractivity contribution in [3.05, 3.63) is 65.7 Å². The van der Waals surface area contributed by atoms with Crippen molar-refractivity contribution in [1.82, 2.24) is 20.4 Å². The summed E-state index contributed by atoms with van der Waals surface area (Å²) in [6, 6.07) is 16.2. The van der Waals surface area contributed by atoms with Crippen LogP contribution in [0.2, 0.25) is 0 Å². The highest BCUT2D eigenvalue weighted by Gasteiger charge is 2.24. The maximum atomic E-state index is 13.0. The third-order valence-electron chi connectivity index (χ3n) is 5.24. The number of nitrogens with one attached hydrogen (secondary N) is 2. The summed E-state index contributed by atoms with van der Waals surface area (Å²) in [5, 5.41) is 15.2. The molecule has 1 atom stereocenters. The molecule has 33 heavy (non-hydrogen) atoms. The third kappa shape index (κ3) is 9.51. The Bertz CT molecular complexity index is 843. The van der Waals surface area contributed by atoms with E-state index < -0.39 is 6.04 Å². The molecule has 0 fully saturated rings. The number of carbonyl (C=O) groups excluding carboxylic acids is 2. The van der Waals surface area contributed by atoms with Gasteiger partial charge in [0.05, 0.1) is 13.7 Å². The molecule has 0 spiro atoms. The fourth-order valence-corrected chi connectivity index (χ4v) is 3.32. The average Bonchev–Trinajstić information content (AvgIpc) is 2.82. The molecule has 0 saturated heterocycles. The van der Waals surface area contributed by atoms with Crippen molar-refractivity contribution in [2.45, 2.75) is 18.9 Å². The quantitative estimate of drug-likeness (QED) is 0.425. The Morgan fingerprint density at radius 1 is 0.970 bits per heavy atom. The van der Waals surface area contributed by atoms with Crippen molar-refractivity contribution in [3.8, 4) is 5.75 Å². The molecule has 0 saturated carbocycles. The van der Waals surface area contributed by atoms with Crippen molar-refractivity contribution >= 4 is 11.9 Å². The Morgan fingerprint density at radius 3 is 2.27 bits per heavy atom. The zero-order valence-electron chi connectivity index (χ0n) is 19.8. The lowest BCUT2D eigenvalue weighted by Crippen LogP contribution is -2.53. The molecule has 3 N–H and O–H groups in total. The molecule has 2 rings (SSSR count). The van der Waals surface area contributed by atoms with Crippen molar-refractivity contribution < 1.29 is 19.4 Å². The molecule has 2 aromatic carbocycles. The van der Waals surface area contributed by atoms with Gasteiger partial charge in [-0.05, 0) is 43.8 Å². The van der Waals surface area contributed by atoms with Crippen LogP contribution in [0.5, 0.6) is 5.75 Å². The van der Waals surface area contributed by atoms with E-state index in [2.05, 4.69) is 10.6 Å². The summed E-state index contributed by atoms with van der Waals surface area (Å²) in [7, 11) is 5.46. The first-order valence-corrected chi connectivity index (χ1v) is 11.2. The van der Waals surface area contributed by atoms with E-state index in [1.165, 1.54) is 0 Å². The predicted octanol–water partition coefficient (Wildman–Crippen LogP) is 1.53. The van der Waals surface area contributed by atoms with E-state index in [1.54, 1.807) is 12.0 Å². The number of benzene rings is 2. The fraction of sp³-hybridized carbons (Fsp3) is 0.440. The number of urea groups is 1. The molecule has 0 radical (unpaired) electrons. The number of rotatable bonds is 13. The van der Waals surface area contributed by atoms with E-state index in [-0.39, 0.29) is 25.1 Å². The van der Waals surface area contributed by atoms with Crippen LogP contribution < -0.4 is 15.4 Å². The van der Waals surface area contributed by atoms with Crippen LogP contribution in [0, 0.1) is 0 Å². The standard InChI is InChI=1S/C25H36N4O4/c1-28(2)16-14-26-24(31)23(19-21-9-11-22(33-3)12-10-21)27-25(32)29(17-18-30)15-13-20-7-5-4-6-8-20/h4-12,23,30H,13-19H2,1-3H3,(H,26,31)(H,27,32)/t23-/m0/s1. The van der Waals surface area contributed by atoms with Gasteiger partial charge >= 0.3 is 6.03 Å². The van der Waals surface area contributed by atoms with Crippen molar-refractivity contribution in [3.63, 3.8) is 0 Å². The van der Waals surface area contributed by atoms with Gasteiger partial charge in [-0.2, -0.15) is 0 Å². The molecule has 0 aliphatic heterocycles. The Kier molecular flexibility index (Phi) is 11.2. The van der Waals surface area contributed by atoms with Gasteiger partial charge in [0.2, 0.25) is 5.91 Å². The van der Waals surface area contributed by atoms with Crippen LogP contribution in [-0.4, -0.2) is 86.9 Å². The second kappa shape index (κ2) is 14.1. The van der Waals surface area contributed by atoms with Gasteiger partial charge < -0.3 is 30.3 Å². The number of hydrogen-bond donors (Lipinski definition) is 3. The monoisotopic (exact) mass is 456 g/mol. The molecule has 0 aliphatic carbocycles. The number of aliphatic hydroxyl groups excluding tert-OH is 1. The molecular formula is C25H36N4O4. The number of aliphatic hydroxyl groups is 1. The largest absolute Gasteiger partial charge is 0.497 e. The smallest absolute Gasteiger partial charge is 0.318 e. The maximum Gasteiger partial charge on any atom is 0.318 e. The summed E-state index contributed by atoms with van der Waals surface area (Å²) < 4.78 is 5.20. The molecule has 0 unspecified atom stereocenters. The topological polar surface area (TPSA) is 94.1 Å². The highest BCUT2D eigenvalue weighted by Crippen LogP contribution is 2.13. The number of amides is 3. The number of ether oxygens (including phenoxy) is 1. The van der Waals surface area contributed by atoms with E-state index in [9.17, 15) is 14.7 Å². The lowest BCUT2D eigenvalue weighted by atomic mass is 10.0. The normalized spacial score (nSPS) is 11.7. The molecule has 8 heteroatoms. The third-order valence-corrected chi connectivity index (χ3v) is 5.24. The summed E-state index contributed by atoms with van der Waals surface area (Å²) in [6.45, 7) is 1.66. The summed E-state index contributed by atoms with van der Waals surface area (Å²) in [4.78, 5) is 29.5. The zero-order valence-corrected chi connectivity index (χ0v) is 19.8. The Morgan fingerprint density at radius 2 is 1.67 bits per heavy atom. The van der Waals surface area contributed by atoms with Gasteiger partial charge in [-0.15, -0.1) is 0 Å². The van der Waals surface area contributed by atoms with Crippen molar-refractivity contribution in [2.75, 3.05) is 54.0 Å². The molecule has 180 valence electrons. The summed E-state index contributed by atoms with van der Waals surface area (Å²) >= 11 is 0. The van der Waals surface area contributed by atoms with Gasteiger partial charge in [0.1, 0.15) is 11.8 Å². The van der Waals surface area contributed by atoms with Gasteiger partial charge in [-0.25, -0.2) is 4.79 Å². The predicted molar refractivity (Wildman–Crippen MR) is 129 cm³/mol. The van der Waals surface area contributed by atoms with Gasteiger partial charge in [-0.1, -0.05) is 42.5 Å². The molecule has 0 bridgehead atoms. The minimum Gasteiger partial charge on any atom is -0.497 e. The Balaban J connectivity index is 2.07. The van der Waals surface area contributed by atoms with Gasteiger partial charge in [-0.3, -0.25) is 4.79 Å². The molecule has 3 amide bonds. The highest BCUT2D eigenvalue weighted by molar-refractivity contribution is 5.87. The summed E-state index contributed by atoms with van der Waals surface area (Å²) in [5.74, 6) is 0.484. The minimum absolute atomic E-state index is 0.152. The van der Waals surface area contributed by atoms with Crippen molar-refractivity contribution in [2.24, 2.45) is 0 Å². The number of likely N-dealkylation sites (N-methyl/N-ethyl adjacent to an activating group) is 1. The van der Waals surface area contributed by atoms with Crippen LogP contribution in [0.15, 0.2) is 54.6 Å². The number of nitrogens with zero attached hydrogens (tertiary/aromatic N) is 2. The Labute approximate surface area is 196 Å². The second-order valence-corrected chi connectivity index (χ2v) is 8.09. The SMILES string of the molecule is COc1ccc(C[C@H](NC(=O)N(CCO)CCc2ccccc2)C(=O)NCCN(C)C)cc1.